The molecule has 3 heterocycles. The number of anilines is 1. The van der Waals surface area contributed by atoms with Crippen molar-refractivity contribution in [3.63, 3.8) is 0 Å². The summed E-state index contributed by atoms with van der Waals surface area (Å²) in [6.07, 6.45) is 3.60. The number of esters is 1. The number of nitriles is 1. The van der Waals surface area contributed by atoms with E-state index in [1.165, 1.54) is 23.6 Å². The molecule has 0 radical (unpaired) electrons. The van der Waals surface area contributed by atoms with Crippen LogP contribution in [0.15, 0.2) is 58.1 Å². The van der Waals surface area contributed by atoms with Crippen LogP contribution in [0.1, 0.15) is 24.6 Å². The Bertz CT molecular complexity index is 1740. The van der Waals surface area contributed by atoms with Crippen molar-refractivity contribution in [3.8, 4) is 11.8 Å². The Balaban J connectivity index is 1.56. The van der Waals surface area contributed by atoms with Gasteiger partial charge in [0.25, 0.3) is 17.7 Å². The number of carbonyl (C=O) groups excluding carboxylic acids is 5. The fraction of sp³-hybridized carbons (Fsp3) is 0.375. The van der Waals surface area contributed by atoms with Crippen LogP contribution in [0.25, 0.3) is 0 Å². The minimum atomic E-state index is -0.992. The highest BCUT2D eigenvalue weighted by atomic mass is 32.2. The lowest BCUT2D eigenvalue weighted by Crippen LogP contribution is -2.71. The molecule has 2 atom stereocenters. The summed E-state index contributed by atoms with van der Waals surface area (Å²) in [6, 6.07) is 7.98. The SMILES string of the molecule is COc1ccc(COC(=O)C2=C(/C=C/C[N+](C)(C)CC(N)=O)CS[C@H]3[C@H](NC(=O)/C(=N\CCC#N)c4csc(NC(C)=O)n4)C(=O)N23)cc1. The molecule has 258 valence electrons. The number of allylic oxidation sites excluding steroid dienone is 1. The fourth-order valence-corrected chi connectivity index (χ4v) is 7.01. The third-order valence-corrected chi connectivity index (χ3v) is 9.31. The zero-order valence-corrected chi connectivity index (χ0v) is 29.1. The number of thioether (sulfide) groups is 1. The summed E-state index contributed by atoms with van der Waals surface area (Å²) in [6.45, 7) is 1.83. The van der Waals surface area contributed by atoms with E-state index in [9.17, 15) is 24.0 Å². The predicted octanol–water partition coefficient (Wildman–Crippen LogP) is 1.33. The second-order valence-corrected chi connectivity index (χ2v) is 13.6. The predicted molar refractivity (Wildman–Crippen MR) is 183 cm³/mol. The molecule has 2 aliphatic heterocycles. The number of methoxy groups -OCH3 is 1. The van der Waals surface area contributed by atoms with E-state index >= 15 is 0 Å². The van der Waals surface area contributed by atoms with Crippen molar-refractivity contribution < 1.29 is 37.9 Å². The molecule has 0 unspecified atom stereocenters. The summed E-state index contributed by atoms with van der Waals surface area (Å²) < 4.78 is 11.1. The van der Waals surface area contributed by atoms with Crippen LogP contribution in [-0.2, 0) is 35.3 Å². The number of β-lactam (4-membered cyclic amide) rings is 1. The molecule has 0 aliphatic carbocycles. The Morgan fingerprint density at radius 3 is 2.63 bits per heavy atom. The molecule has 2 aliphatic rings. The first-order chi connectivity index (χ1) is 23.3. The van der Waals surface area contributed by atoms with Gasteiger partial charge in [-0.3, -0.25) is 29.1 Å². The van der Waals surface area contributed by atoms with Gasteiger partial charge in [0.15, 0.2) is 11.7 Å². The van der Waals surface area contributed by atoms with Gasteiger partial charge >= 0.3 is 5.97 Å². The molecule has 1 aromatic carbocycles. The van der Waals surface area contributed by atoms with Crippen molar-refractivity contribution in [2.75, 3.05) is 51.9 Å². The van der Waals surface area contributed by atoms with Gasteiger partial charge in [0.05, 0.1) is 46.8 Å². The van der Waals surface area contributed by atoms with Crippen LogP contribution in [0.2, 0.25) is 0 Å². The highest BCUT2D eigenvalue weighted by Crippen LogP contribution is 2.41. The number of nitrogens with zero attached hydrogens (tertiary/aromatic N) is 5. The average Bonchev–Trinajstić information content (AvgIpc) is 3.50. The largest absolute Gasteiger partial charge is 0.497 e. The molecule has 4 rings (SSSR count). The molecular formula is C32H37N8O7S2+. The highest BCUT2D eigenvalue weighted by Gasteiger charge is 2.54. The number of amides is 4. The Kier molecular flexibility index (Phi) is 12.3. The number of aromatic nitrogens is 1. The Labute approximate surface area is 291 Å². The quantitative estimate of drug-likeness (QED) is 0.0795. The van der Waals surface area contributed by atoms with Crippen LogP contribution in [-0.4, -0.2) is 108 Å². The van der Waals surface area contributed by atoms with E-state index in [1.54, 1.807) is 42.8 Å². The zero-order chi connectivity index (χ0) is 35.7. The third-order valence-electron chi connectivity index (χ3n) is 7.25. The lowest BCUT2D eigenvalue weighted by atomic mass is 10.0. The summed E-state index contributed by atoms with van der Waals surface area (Å²) >= 11 is 2.46. The number of hydrogen-bond acceptors (Lipinski definition) is 12. The molecule has 49 heavy (non-hydrogen) atoms. The molecule has 15 nitrogen and oxygen atoms in total. The van der Waals surface area contributed by atoms with E-state index in [4.69, 9.17) is 20.5 Å². The summed E-state index contributed by atoms with van der Waals surface area (Å²) in [4.78, 5) is 73.6. The molecule has 0 saturated carbocycles. The monoisotopic (exact) mass is 709 g/mol. The minimum Gasteiger partial charge on any atom is -0.497 e. The van der Waals surface area contributed by atoms with Crippen LogP contribution < -0.4 is 21.1 Å². The number of ether oxygens (including phenoxy) is 2. The molecule has 0 bridgehead atoms. The zero-order valence-electron chi connectivity index (χ0n) is 27.4. The first-order valence-electron chi connectivity index (χ1n) is 15.0. The van der Waals surface area contributed by atoms with E-state index in [0.29, 0.717) is 29.2 Å². The van der Waals surface area contributed by atoms with Crippen LogP contribution in [0.4, 0.5) is 5.13 Å². The van der Waals surface area contributed by atoms with Gasteiger partial charge in [-0.25, -0.2) is 9.78 Å². The van der Waals surface area contributed by atoms with E-state index in [-0.39, 0.29) is 58.7 Å². The number of thiazole rings is 1. The van der Waals surface area contributed by atoms with Crippen molar-refractivity contribution >= 4 is 63.5 Å². The number of hydrogen-bond donors (Lipinski definition) is 3. The number of likely N-dealkylation sites (N-methyl/N-ethyl adjacent to an activating group) is 1. The van der Waals surface area contributed by atoms with Gasteiger partial charge in [-0.15, -0.1) is 23.1 Å². The number of nitrogens with two attached hydrogens (primary N) is 1. The Morgan fingerprint density at radius 1 is 1.24 bits per heavy atom. The average molecular weight is 710 g/mol. The van der Waals surface area contributed by atoms with E-state index in [1.807, 2.05) is 26.2 Å². The van der Waals surface area contributed by atoms with Gasteiger partial charge in [-0.1, -0.05) is 18.2 Å². The van der Waals surface area contributed by atoms with Crippen LogP contribution in [0.5, 0.6) is 5.75 Å². The summed E-state index contributed by atoms with van der Waals surface area (Å²) in [5.41, 5.74) is 6.79. The van der Waals surface area contributed by atoms with Crippen molar-refractivity contribution in [2.45, 2.75) is 31.4 Å². The van der Waals surface area contributed by atoms with Crippen molar-refractivity contribution in [3.05, 3.63) is 64.3 Å². The number of quaternary nitrogens is 1. The van der Waals surface area contributed by atoms with E-state index < -0.39 is 35.1 Å². The van der Waals surface area contributed by atoms with Gasteiger partial charge in [0, 0.05) is 18.1 Å². The second kappa shape index (κ2) is 16.4. The standard InChI is InChI=1S/C32H36N8O7S2/c1-19(41)36-32-37-23(18-49-32)25(35-13-6-12-33)28(43)38-26-29(44)39-27(31(45)47-16-20-8-10-22(46-4)11-9-20)21(17-48-30(26)39)7-5-14-40(2,3)15-24(34)42/h5,7-11,18,26,30H,6,13-17H2,1-4H3,(H3-,34,36,37,38,41,42,43)/p+1/b7-5+,35-25-/t26-,30+/m1/s1. The number of primary amides is 1. The number of benzene rings is 1. The lowest BCUT2D eigenvalue weighted by molar-refractivity contribution is -0.876. The summed E-state index contributed by atoms with van der Waals surface area (Å²) in [5.74, 6) is -1.74. The van der Waals surface area contributed by atoms with Crippen molar-refractivity contribution in [2.24, 2.45) is 10.7 Å². The maximum Gasteiger partial charge on any atom is 0.355 e. The van der Waals surface area contributed by atoms with Crippen molar-refractivity contribution in [1.82, 2.24) is 15.2 Å². The number of rotatable bonds is 15. The van der Waals surface area contributed by atoms with Gasteiger partial charge in [0.1, 0.15) is 40.9 Å². The molecule has 1 aromatic heterocycles. The van der Waals surface area contributed by atoms with Gasteiger partial charge in [0.2, 0.25) is 5.91 Å². The molecule has 0 spiro atoms. The summed E-state index contributed by atoms with van der Waals surface area (Å²) in [5, 5.41) is 15.5. The molecule has 2 aromatic rings. The Morgan fingerprint density at radius 2 is 1.98 bits per heavy atom. The minimum absolute atomic E-state index is 0.0206. The first kappa shape index (κ1) is 36.8. The Hall–Kier alpha value is -5.05. The fourth-order valence-electron chi connectivity index (χ4n) is 4.95. The molecule has 1 fully saturated rings. The van der Waals surface area contributed by atoms with E-state index in [0.717, 1.165) is 11.3 Å². The molecule has 17 heteroatoms. The topological polar surface area (TPSA) is 206 Å². The van der Waals surface area contributed by atoms with Gasteiger partial charge in [-0.05, 0) is 29.3 Å². The highest BCUT2D eigenvalue weighted by molar-refractivity contribution is 8.00. The molecular weight excluding hydrogens is 673 g/mol. The lowest BCUT2D eigenvalue weighted by Gasteiger charge is -2.49. The third kappa shape index (κ3) is 9.53. The molecule has 4 N–H and O–H groups in total. The maximum absolute atomic E-state index is 13.7. The maximum atomic E-state index is 13.7. The van der Waals surface area contributed by atoms with E-state index in [2.05, 4.69) is 20.6 Å². The van der Waals surface area contributed by atoms with Crippen LogP contribution in [0, 0.1) is 11.3 Å². The van der Waals surface area contributed by atoms with Crippen molar-refractivity contribution in [1.29, 1.82) is 5.26 Å². The van der Waals surface area contributed by atoms with Gasteiger partial charge in [-0.2, -0.15) is 5.26 Å². The number of fused-ring (bicyclic) bond motifs is 1. The molecule has 4 amide bonds. The normalized spacial score (nSPS) is 17.6. The van der Waals surface area contributed by atoms with Gasteiger partial charge < -0.3 is 30.3 Å². The summed E-state index contributed by atoms with van der Waals surface area (Å²) in [7, 11) is 5.23. The smallest absolute Gasteiger partial charge is 0.355 e. The first-order valence-corrected chi connectivity index (χ1v) is 17.0. The number of aliphatic imine (C=N–C) groups is 1. The number of nitrogens with one attached hydrogen (secondary N) is 2. The van der Waals surface area contributed by atoms with Crippen LogP contribution >= 0.6 is 23.1 Å². The molecule has 1 saturated heterocycles. The number of carbonyl (C=O) groups is 5. The van der Waals surface area contributed by atoms with Crippen LogP contribution in [0.3, 0.4) is 0 Å². The second-order valence-electron chi connectivity index (χ2n) is 11.7.